The minimum Gasteiger partial charge on any atom is -0.352 e. The molecule has 1 aromatic carbocycles. The summed E-state index contributed by atoms with van der Waals surface area (Å²) in [6, 6.07) is 6.27. The zero-order valence-electron chi connectivity index (χ0n) is 14.2. The van der Waals surface area contributed by atoms with Crippen LogP contribution in [0.25, 0.3) is 11.6 Å². The first kappa shape index (κ1) is 15.6. The summed E-state index contributed by atoms with van der Waals surface area (Å²) < 4.78 is 16.8. The Morgan fingerprint density at radius 3 is 2.72 bits per heavy atom. The van der Waals surface area contributed by atoms with E-state index in [1.54, 1.807) is 29.2 Å². The first-order valence-electron chi connectivity index (χ1n) is 8.34. The third-order valence-corrected chi connectivity index (χ3v) is 4.61. The molecule has 0 unspecified atom stereocenters. The lowest BCUT2D eigenvalue weighted by Gasteiger charge is -2.31. The maximum atomic E-state index is 13.2. The van der Waals surface area contributed by atoms with Crippen molar-refractivity contribution in [3.8, 4) is 0 Å². The highest BCUT2D eigenvalue weighted by molar-refractivity contribution is 5.71. The Morgan fingerprint density at radius 1 is 1.24 bits per heavy atom. The van der Waals surface area contributed by atoms with Gasteiger partial charge in [-0.25, -0.2) is 9.37 Å². The fourth-order valence-corrected chi connectivity index (χ4v) is 3.42. The van der Waals surface area contributed by atoms with Crippen LogP contribution in [0.3, 0.4) is 0 Å². The first-order chi connectivity index (χ1) is 12.1. The molecule has 3 aromatic rings. The second-order valence-electron chi connectivity index (χ2n) is 6.38. The normalized spacial score (nSPS) is 13.9. The van der Waals surface area contributed by atoms with Crippen LogP contribution in [-0.4, -0.2) is 27.0 Å². The first-order valence-corrected chi connectivity index (χ1v) is 8.34. The molecule has 4 rings (SSSR count). The maximum absolute atomic E-state index is 13.2. The van der Waals surface area contributed by atoms with Gasteiger partial charge in [0.15, 0.2) is 0 Å². The number of imidazole rings is 1. The van der Waals surface area contributed by atoms with Gasteiger partial charge in [-0.2, -0.15) is 0 Å². The summed E-state index contributed by atoms with van der Waals surface area (Å²) in [5.74, 6) is 0.694. The monoisotopic (exact) mass is 338 g/mol. The van der Waals surface area contributed by atoms with Gasteiger partial charge in [0, 0.05) is 13.1 Å². The van der Waals surface area contributed by atoms with Gasteiger partial charge < -0.3 is 4.90 Å². The Kier molecular flexibility index (Phi) is 3.67. The molecule has 0 saturated carbocycles. The number of likely N-dealkylation sites (N-methyl/N-ethyl adjacent to an activating group) is 1. The summed E-state index contributed by atoms with van der Waals surface area (Å²) in [6.45, 7) is 6.22. The SMILES string of the molecule is CCN1CC(C)=Cc2c1n1cncc1c(=O)n2Cc1ccc(F)cc1. The molecule has 0 fully saturated rings. The molecule has 0 atom stereocenters. The smallest absolute Gasteiger partial charge is 0.277 e. The molecular weight excluding hydrogens is 319 g/mol. The summed E-state index contributed by atoms with van der Waals surface area (Å²) >= 11 is 0. The van der Waals surface area contributed by atoms with E-state index >= 15 is 0 Å². The van der Waals surface area contributed by atoms with Crippen LogP contribution in [0.1, 0.15) is 25.1 Å². The molecule has 0 aliphatic carbocycles. The zero-order valence-corrected chi connectivity index (χ0v) is 14.2. The van der Waals surface area contributed by atoms with Gasteiger partial charge in [-0.3, -0.25) is 13.8 Å². The van der Waals surface area contributed by atoms with Crippen molar-refractivity contribution in [2.24, 2.45) is 0 Å². The van der Waals surface area contributed by atoms with Crippen molar-refractivity contribution >= 4 is 17.4 Å². The molecule has 1 aliphatic heterocycles. The summed E-state index contributed by atoms with van der Waals surface area (Å²) in [5.41, 5.74) is 3.40. The van der Waals surface area contributed by atoms with E-state index in [9.17, 15) is 9.18 Å². The van der Waals surface area contributed by atoms with E-state index in [-0.39, 0.29) is 11.4 Å². The minimum atomic E-state index is -0.280. The summed E-state index contributed by atoms with van der Waals surface area (Å²) in [6.07, 6.45) is 5.35. The molecule has 25 heavy (non-hydrogen) atoms. The molecule has 0 amide bonds. The van der Waals surface area contributed by atoms with Gasteiger partial charge in [-0.05, 0) is 37.6 Å². The maximum Gasteiger partial charge on any atom is 0.277 e. The van der Waals surface area contributed by atoms with Gasteiger partial charge >= 0.3 is 0 Å². The van der Waals surface area contributed by atoms with Gasteiger partial charge in [-0.15, -0.1) is 0 Å². The highest BCUT2D eigenvalue weighted by Crippen LogP contribution is 2.28. The molecule has 0 bridgehead atoms. The van der Waals surface area contributed by atoms with E-state index in [1.807, 2.05) is 4.40 Å². The van der Waals surface area contributed by atoms with Crippen LogP contribution in [0.2, 0.25) is 0 Å². The van der Waals surface area contributed by atoms with E-state index in [4.69, 9.17) is 0 Å². The third-order valence-electron chi connectivity index (χ3n) is 4.61. The number of benzene rings is 1. The van der Waals surface area contributed by atoms with Crippen molar-refractivity contribution in [1.29, 1.82) is 0 Å². The van der Waals surface area contributed by atoms with Crippen molar-refractivity contribution in [2.75, 3.05) is 18.0 Å². The average Bonchev–Trinajstić information content (AvgIpc) is 3.09. The van der Waals surface area contributed by atoms with Crippen molar-refractivity contribution in [3.05, 3.63) is 69.8 Å². The van der Waals surface area contributed by atoms with Gasteiger partial charge in [0.1, 0.15) is 23.5 Å². The molecule has 0 radical (unpaired) electrons. The minimum absolute atomic E-state index is 0.0948. The average molecular weight is 338 g/mol. The Morgan fingerprint density at radius 2 is 2.00 bits per heavy atom. The summed E-state index contributed by atoms with van der Waals surface area (Å²) in [5, 5.41) is 0. The molecule has 128 valence electrons. The molecule has 2 aromatic heterocycles. The van der Waals surface area contributed by atoms with E-state index in [0.29, 0.717) is 12.1 Å². The molecule has 6 heteroatoms. The van der Waals surface area contributed by atoms with Crippen LogP contribution in [0, 0.1) is 5.82 Å². The van der Waals surface area contributed by atoms with Gasteiger partial charge in [0.25, 0.3) is 5.56 Å². The van der Waals surface area contributed by atoms with Crippen LogP contribution >= 0.6 is 0 Å². The number of anilines is 1. The zero-order chi connectivity index (χ0) is 17.6. The van der Waals surface area contributed by atoms with E-state index in [1.165, 1.54) is 17.7 Å². The van der Waals surface area contributed by atoms with Crippen molar-refractivity contribution in [2.45, 2.75) is 20.4 Å². The lowest BCUT2D eigenvalue weighted by molar-refractivity contribution is 0.625. The predicted octanol–water partition coefficient (Wildman–Crippen LogP) is 2.93. The molecule has 3 heterocycles. The Bertz CT molecular complexity index is 1030. The van der Waals surface area contributed by atoms with E-state index < -0.39 is 0 Å². The summed E-state index contributed by atoms with van der Waals surface area (Å²) in [4.78, 5) is 19.4. The van der Waals surface area contributed by atoms with Crippen LogP contribution < -0.4 is 10.5 Å². The summed E-state index contributed by atoms with van der Waals surface area (Å²) in [7, 11) is 0. The molecule has 0 spiro atoms. The largest absolute Gasteiger partial charge is 0.352 e. The number of fused-ring (bicyclic) bond motifs is 3. The number of hydrogen-bond donors (Lipinski definition) is 0. The molecule has 0 N–H and O–H groups in total. The number of hydrogen-bond acceptors (Lipinski definition) is 3. The number of nitrogens with zero attached hydrogens (tertiary/aromatic N) is 4. The van der Waals surface area contributed by atoms with Crippen molar-refractivity contribution in [3.63, 3.8) is 0 Å². The van der Waals surface area contributed by atoms with E-state index in [0.717, 1.165) is 30.2 Å². The standard InChI is InChI=1S/C19H19FN4O/c1-3-22-10-13(2)8-16-18(22)24-12-21-9-17(24)19(25)23(16)11-14-4-6-15(20)7-5-14/h4-9,12H,3,10-11H2,1-2H3. The lowest BCUT2D eigenvalue weighted by Crippen LogP contribution is -2.35. The van der Waals surface area contributed by atoms with Crippen LogP contribution in [0.4, 0.5) is 10.2 Å². The fraction of sp³-hybridized carbons (Fsp3) is 0.263. The Balaban J connectivity index is 1.98. The molecule has 5 nitrogen and oxygen atoms in total. The van der Waals surface area contributed by atoms with Gasteiger partial charge in [-0.1, -0.05) is 17.7 Å². The molecular formula is C19H19FN4O. The Labute approximate surface area is 144 Å². The molecule has 1 aliphatic rings. The fourth-order valence-electron chi connectivity index (χ4n) is 3.42. The highest BCUT2D eigenvalue weighted by atomic mass is 19.1. The van der Waals surface area contributed by atoms with Crippen molar-refractivity contribution < 1.29 is 4.39 Å². The number of halogens is 1. The second-order valence-corrected chi connectivity index (χ2v) is 6.38. The Hall–Kier alpha value is -2.89. The van der Waals surface area contributed by atoms with E-state index in [2.05, 4.69) is 29.8 Å². The quantitative estimate of drug-likeness (QED) is 0.737. The number of aromatic nitrogens is 3. The van der Waals surface area contributed by atoms with Crippen LogP contribution in [-0.2, 0) is 6.54 Å². The van der Waals surface area contributed by atoms with Crippen molar-refractivity contribution in [1.82, 2.24) is 14.0 Å². The number of rotatable bonds is 3. The predicted molar refractivity (Wildman–Crippen MR) is 96.5 cm³/mol. The second kappa shape index (κ2) is 5.88. The van der Waals surface area contributed by atoms with Crippen LogP contribution in [0.5, 0.6) is 0 Å². The van der Waals surface area contributed by atoms with Gasteiger partial charge in [0.05, 0.1) is 18.4 Å². The molecule has 0 saturated heterocycles. The van der Waals surface area contributed by atoms with Crippen LogP contribution in [0.15, 0.2) is 47.2 Å². The third kappa shape index (κ3) is 2.54. The topological polar surface area (TPSA) is 42.5 Å². The highest BCUT2D eigenvalue weighted by Gasteiger charge is 2.23. The van der Waals surface area contributed by atoms with Gasteiger partial charge in [0.2, 0.25) is 0 Å². The lowest BCUT2D eigenvalue weighted by atomic mass is 10.1.